The lowest BCUT2D eigenvalue weighted by molar-refractivity contribution is -0.137. The zero-order valence-electron chi connectivity index (χ0n) is 17.4. The first-order valence-corrected chi connectivity index (χ1v) is 10.6. The van der Waals surface area contributed by atoms with E-state index in [0.717, 1.165) is 48.9 Å². The SMILES string of the molecule is O=C(NC1CCC(c2n[nH]c(=O)c3ccccc23)CC1)c1cnc2cc(C(F)(F)F)ccn12. The van der Waals surface area contributed by atoms with Gasteiger partial charge >= 0.3 is 6.18 Å². The number of alkyl halides is 3. The second-order valence-corrected chi connectivity index (χ2v) is 8.29. The number of amides is 1. The van der Waals surface area contributed by atoms with Crippen molar-refractivity contribution in [1.29, 1.82) is 0 Å². The number of fused-ring (bicyclic) bond motifs is 2. The maximum atomic E-state index is 12.9. The maximum absolute atomic E-state index is 12.9. The number of carbonyl (C=O) groups is 1. The molecule has 7 nitrogen and oxygen atoms in total. The Kier molecular flexibility index (Phi) is 5.15. The van der Waals surface area contributed by atoms with E-state index in [1.807, 2.05) is 18.2 Å². The van der Waals surface area contributed by atoms with Gasteiger partial charge in [0.25, 0.3) is 11.5 Å². The molecule has 1 amide bonds. The third-order valence-electron chi connectivity index (χ3n) is 6.25. The van der Waals surface area contributed by atoms with Gasteiger partial charge in [-0.05, 0) is 43.9 Å². The summed E-state index contributed by atoms with van der Waals surface area (Å²) in [6, 6.07) is 9.16. The molecule has 1 aliphatic rings. The Balaban J connectivity index is 1.28. The van der Waals surface area contributed by atoms with Gasteiger partial charge in [-0.1, -0.05) is 18.2 Å². The standard InChI is InChI=1S/C23H20F3N5O2/c24-23(25,26)14-9-10-31-18(12-27-19(31)11-14)22(33)28-15-7-5-13(6-8-15)20-16-3-1-2-4-17(16)21(32)30-29-20/h1-4,9-13,15H,5-8H2,(H,28,33)(H,30,32). The Morgan fingerprint density at radius 2 is 1.82 bits per heavy atom. The molecule has 0 spiro atoms. The first-order chi connectivity index (χ1) is 15.8. The summed E-state index contributed by atoms with van der Waals surface area (Å²) in [5.41, 5.74) is 0.0843. The fraction of sp³-hybridized carbons (Fsp3) is 0.304. The number of aromatic nitrogens is 4. The molecule has 1 aromatic carbocycles. The molecule has 170 valence electrons. The Labute approximate surface area is 185 Å². The normalized spacial score (nSPS) is 19.1. The fourth-order valence-electron chi connectivity index (χ4n) is 4.54. The minimum Gasteiger partial charge on any atom is -0.348 e. The minimum absolute atomic E-state index is 0.0645. The Hall–Kier alpha value is -3.69. The molecule has 1 fully saturated rings. The lowest BCUT2D eigenvalue weighted by atomic mass is 9.82. The largest absolute Gasteiger partial charge is 0.416 e. The molecule has 0 bridgehead atoms. The molecule has 5 rings (SSSR count). The molecular formula is C23H20F3N5O2. The predicted octanol–water partition coefficient (Wildman–Crippen LogP) is 4.05. The molecule has 2 N–H and O–H groups in total. The molecule has 0 saturated heterocycles. The van der Waals surface area contributed by atoms with Gasteiger partial charge in [0.15, 0.2) is 0 Å². The van der Waals surface area contributed by atoms with Crippen molar-refractivity contribution in [2.24, 2.45) is 0 Å². The topological polar surface area (TPSA) is 92.1 Å². The molecule has 33 heavy (non-hydrogen) atoms. The monoisotopic (exact) mass is 455 g/mol. The van der Waals surface area contributed by atoms with Gasteiger partial charge in [0.05, 0.1) is 22.8 Å². The van der Waals surface area contributed by atoms with Crippen LogP contribution in [0.25, 0.3) is 16.4 Å². The van der Waals surface area contributed by atoms with Crippen LogP contribution in [0.2, 0.25) is 0 Å². The van der Waals surface area contributed by atoms with Gasteiger partial charge in [0.1, 0.15) is 11.3 Å². The van der Waals surface area contributed by atoms with Gasteiger partial charge in [0, 0.05) is 23.5 Å². The van der Waals surface area contributed by atoms with Crippen molar-refractivity contribution < 1.29 is 18.0 Å². The molecule has 4 aromatic rings. The smallest absolute Gasteiger partial charge is 0.348 e. The first kappa shape index (κ1) is 21.2. The van der Waals surface area contributed by atoms with Gasteiger partial charge in [0.2, 0.25) is 0 Å². The third-order valence-corrected chi connectivity index (χ3v) is 6.25. The number of halogens is 3. The van der Waals surface area contributed by atoms with Crippen LogP contribution in [0.15, 0.2) is 53.6 Å². The number of pyridine rings is 1. The lowest BCUT2D eigenvalue weighted by Gasteiger charge is -2.29. The zero-order valence-corrected chi connectivity index (χ0v) is 17.4. The quantitative estimate of drug-likeness (QED) is 0.488. The van der Waals surface area contributed by atoms with Crippen molar-refractivity contribution >= 4 is 22.3 Å². The number of hydrogen-bond acceptors (Lipinski definition) is 4. The van der Waals surface area contributed by atoms with Crippen LogP contribution in [0.3, 0.4) is 0 Å². The van der Waals surface area contributed by atoms with Crippen molar-refractivity contribution in [3.8, 4) is 0 Å². The number of nitrogens with zero attached hydrogens (tertiary/aromatic N) is 3. The molecule has 0 radical (unpaired) electrons. The van der Waals surface area contributed by atoms with E-state index in [9.17, 15) is 22.8 Å². The van der Waals surface area contributed by atoms with E-state index in [4.69, 9.17) is 0 Å². The van der Waals surface area contributed by atoms with E-state index in [1.54, 1.807) is 6.07 Å². The summed E-state index contributed by atoms with van der Waals surface area (Å²) in [5, 5.41) is 11.3. The van der Waals surface area contributed by atoms with Crippen LogP contribution >= 0.6 is 0 Å². The van der Waals surface area contributed by atoms with Crippen LogP contribution in [0.4, 0.5) is 13.2 Å². The van der Waals surface area contributed by atoms with Crippen LogP contribution in [0, 0.1) is 0 Å². The summed E-state index contributed by atoms with van der Waals surface area (Å²) < 4.78 is 40.1. The van der Waals surface area contributed by atoms with Gasteiger partial charge in [-0.3, -0.25) is 14.0 Å². The molecule has 10 heteroatoms. The predicted molar refractivity (Wildman–Crippen MR) is 115 cm³/mol. The fourth-order valence-corrected chi connectivity index (χ4v) is 4.54. The summed E-state index contributed by atoms with van der Waals surface area (Å²) >= 11 is 0. The number of aromatic amines is 1. The van der Waals surface area contributed by atoms with Crippen molar-refractivity contribution in [2.75, 3.05) is 0 Å². The average Bonchev–Trinajstić information content (AvgIpc) is 3.23. The van der Waals surface area contributed by atoms with Crippen LogP contribution in [0.1, 0.15) is 53.3 Å². The van der Waals surface area contributed by atoms with E-state index >= 15 is 0 Å². The number of rotatable bonds is 3. The van der Waals surface area contributed by atoms with E-state index in [-0.39, 0.29) is 34.8 Å². The number of hydrogen-bond donors (Lipinski definition) is 2. The summed E-state index contributed by atoms with van der Waals surface area (Å²) in [6.45, 7) is 0. The van der Waals surface area contributed by atoms with E-state index in [0.29, 0.717) is 5.39 Å². The van der Waals surface area contributed by atoms with E-state index in [1.165, 1.54) is 16.8 Å². The zero-order chi connectivity index (χ0) is 23.2. The molecule has 3 heterocycles. The highest BCUT2D eigenvalue weighted by molar-refractivity contribution is 5.93. The molecule has 1 saturated carbocycles. The highest BCUT2D eigenvalue weighted by atomic mass is 19.4. The second-order valence-electron chi connectivity index (χ2n) is 8.29. The van der Waals surface area contributed by atoms with Gasteiger partial charge in [-0.25, -0.2) is 10.1 Å². The summed E-state index contributed by atoms with van der Waals surface area (Å²) in [4.78, 5) is 28.8. The molecular weight excluding hydrogens is 435 g/mol. The minimum atomic E-state index is -4.47. The number of imidazole rings is 1. The number of benzene rings is 1. The number of nitrogens with one attached hydrogen (secondary N) is 2. The molecule has 0 unspecified atom stereocenters. The van der Waals surface area contributed by atoms with E-state index in [2.05, 4.69) is 20.5 Å². The molecule has 1 aliphatic carbocycles. The van der Waals surface area contributed by atoms with E-state index < -0.39 is 11.7 Å². The van der Waals surface area contributed by atoms with Crippen LogP contribution in [-0.2, 0) is 6.18 Å². The van der Waals surface area contributed by atoms with Crippen LogP contribution < -0.4 is 10.9 Å². The van der Waals surface area contributed by atoms with Crippen molar-refractivity contribution in [1.82, 2.24) is 24.9 Å². The first-order valence-electron chi connectivity index (χ1n) is 10.6. The van der Waals surface area contributed by atoms with Gasteiger partial charge in [-0.2, -0.15) is 18.3 Å². The second kappa shape index (κ2) is 8.02. The highest BCUT2D eigenvalue weighted by Gasteiger charge is 2.31. The summed E-state index contributed by atoms with van der Waals surface area (Å²) in [5.74, 6) is -0.213. The lowest BCUT2D eigenvalue weighted by Crippen LogP contribution is -2.38. The highest BCUT2D eigenvalue weighted by Crippen LogP contribution is 2.34. The van der Waals surface area contributed by atoms with Gasteiger partial charge < -0.3 is 5.32 Å². The van der Waals surface area contributed by atoms with Gasteiger partial charge in [-0.15, -0.1) is 0 Å². The molecule has 0 atom stereocenters. The maximum Gasteiger partial charge on any atom is 0.416 e. The van der Waals surface area contributed by atoms with Crippen molar-refractivity contribution in [3.63, 3.8) is 0 Å². The summed E-state index contributed by atoms with van der Waals surface area (Å²) in [6.07, 6.45) is 1.05. The third kappa shape index (κ3) is 3.96. The Morgan fingerprint density at radius 1 is 1.09 bits per heavy atom. The van der Waals surface area contributed by atoms with Crippen molar-refractivity contribution in [2.45, 2.75) is 43.8 Å². The Morgan fingerprint density at radius 3 is 2.55 bits per heavy atom. The number of carbonyl (C=O) groups excluding carboxylic acids is 1. The summed E-state index contributed by atoms with van der Waals surface area (Å²) in [7, 11) is 0. The van der Waals surface area contributed by atoms with Crippen LogP contribution in [-0.4, -0.2) is 31.5 Å². The van der Waals surface area contributed by atoms with Crippen molar-refractivity contribution in [3.05, 3.63) is 76.1 Å². The Bertz CT molecular complexity index is 1400. The molecule has 0 aliphatic heterocycles. The van der Waals surface area contributed by atoms with Crippen LogP contribution in [0.5, 0.6) is 0 Å². The molecule has 3 aromatic heterocycles. The average molecular weight is 455 g/mol. The number of H-pyrrole nitrogens is 1.